The summed E-state index contributed by atoms with van der Waals surface area (Å²) in [5.74, 6) is 0.421. The van der Waals surface area contributed by atoms with Crippen LogP contribution >= 0.6 is 0 Å². The van der Waals surface area contributed by atoms with E-state index in [0.29, 0.717) is 12.0 Å². The Morgan fingerprint density at radius 2 is 2.05 bits per heavy atom. The molecule has 0 aromatic rings. The lowest BCUT2D eigenvalue weighted by molar-refractivity contribution is -0.150. The van der Waals surface area contributed by atoms with Crippen molar-refractivity contribution in [3.63, 3.8) is 0 Å². The molecule has 0 radical (unpaired) electrons. The van der Waals surface area contributed by atoms with Gasteiger partial charge in [-0.15, -0.1) is 0 Å². The highest BCUT2D eigenvalue weighted by Crippen LogP contribution is 2.42. The quantitative estimate of drug-likeness (QED) is 0.698. The Labute approximate surface area is 128 Å². The van der Waals surface area contributed by atoms with Gasteiger partial charge in [0.15, 0.2) is 0 Å². The second kappa shape index (κ2) is 6.25. The van der Waals surface area contributed by atoms with Gasteiger partial charge in [0.2, 0.25) is 0 Å². The molecule has 3 aliphatic carbocycles. The molecule has 3 fully saturated rings. The van der Waals surface area contributed by atoms with Crippen molar-refractivity contribution in [1.82, 2.24) is 10.2 Å². The minimum absolute atomic E-state index is 0.0219. The number of rotatable bonds is 8. The number of ether oxygens (including phenoxy) is 1. The number of nitrogens with one attached hydrogen (secondary N) is 1. The Hall–Kier alpha value is -0.610. The van der Waals surface area contributed by atoms with Gasteiger partial charge in [0.1, 0.15) is 5.54 Å². The van der Waals surface area contributed by atoms with Crippen molar-refractivity contribution in [2.45, 2.75) is 75.9 Å². The Morgan fingerprint density at radius 1 is 1.29 bits per heavy atom. The highest BCUT2D eigenvalue weighted by Gasteiger charge is 2.51. The maximum atomic E-state index is 12.5. The summed E-state index contributed by atoms with van der Waals surface area (Å²) in [4.78, 5) is 15.1. The normalized spacial score (nSPS) is 32.6. The van der Waals surface area contributed by atoms with Crippen LogP contribution in [-0.4, -0.2) is 48.7 Å². The molecule has 0 heterocycles. The van der Waals surface area contributed by atoms with Crippen LogP contribution in [0.4, 0.5) is 0 Å². The fourth-order valence-corrected chi connectivity index (χ4v) is 4.12. The molecule has 0 bridgehead atoms. The Morgan fingerprint density at radius 3 is 2.62 bits per heavy atom. The molecule has 2 atom stereocenters. The molecule has 4 heteroatoms. The maximum Gasteiger partial charge on any atom is 0.326 e. The summed E-state index contributed by atoms with van der Waals surface area (Å²) < 4.78 is 5.17. The van der Waals surface area contributed by atoms with E-state index in [1.807, 2.05) is 0 Å². The predicted molar refractivity (Wildman–Crippen MR) is 83.1 cm³/mol. The molecule has 1 N–H and O–H groups in total. The first-order valence-electron chi connectivity index (χ1n) is 8.79. The fraction of sp³-hybridized carbons (Fsp3) is 0.941. The van der Waals surface area contributed by atoms with Gasteiger partial charge in [-0.1, -0.05) is 13.3 Å². The number of methoxy groups -OCH3 is 1. The van der Waals surface area contributed by atoms with Crippen molar-refractivity contribution in [3.05, 3.63) is 0 Å². The molecule has 4 nitrogen and oxygen atoms in total. The van der Waals surface area contributed by atoms with Gasteiger partial charge < -0.3 is 9.64 Å². The Kier molecular flexibility index (Phi) is 4.55. The van der Waals surface area contributed by atoms with E-state index in [1.54, 1.807) is 0 Å². The van der Waals surface area contributed by atoms with Gasteiger partial charge in [0.05, 0.1) is 7.11 Å². The Balaban J connectivity index is 1.64. The molecule has 2 unspecified atom stereocenters. The minimum atomic E-state index is -0.390. The molecule has 0 amide bonds. The van der Waals surface area contributed by atoms with Crippen molar-refractivity contribution < 1.29 is 9.53 Å². The third kappa shape index (κ3) is 3.26. The second-order valence-corrected chi connectivity index (χ2v) is 7.12. The van der Waals surface area contributed by atoms with E-state index in [1.165, 1.54) is 32.8 Å². The summed E-state index contributed by atoms with van der Waals surface area (Å²) >= 11 is 0. The van der Waals surface area contributed by atoms with Crippen LogP contribution in [-0.2, 0) is 9.53 Å². The molecule has 3 saturated carbocycles. The van der Waals surface area contributed by atoms with Crippen LogP contribution in [0.15, 0.2) is 0 Å². The van der Waals surface area contributed by atoms with Crippen molar-refractivity contribution in [2.75, 3.05) is 20.2 Å². The van der Waals surface area contributed by atoms with Gasteiger partial charge >= 0.3 is 5.97 Å². The highest BCUT2D eigenvalue weighted by atomic mass is 16.5. The van der Waals surface area contributed by atoms with Crippen molar-refractivity contribution in [1.29, 1.82) is 0 Å². The third-order valence-electron chi connectivity index (χ3n) is 5.64. The summed E-state index contributed by atoms with van der Waals surface area (Å²) in [6, 6.07) is 1.37. The van der Waals surface area contributed by atoms with E-state index in [-0.39, 0.29) is 5.97 Å². The zero-order valence-electron chi connectivity index (χ0n) is 13.6. The summed E-state index contributed by atoms with van der Waals surface area (Å²) in [6.07, 6.45) is 9.55. The lowest BCUT2D eigenvalue weighted by Gasteiger charge is -2.35. The number of nitrogens with zero attached hydrogens (tertiary/aromatic N) is 1. The SMILES string of the molecule is CCN(CCC1CCCC1(NC1CC1)C(=O)OC)C1CC1. The van der Waals surface area contributed by atoms with Crippen LogP contribution in [0.3, 0.4) is 0 Å². The first-order valence-corrected chi connectivity index (χ1v) is 8.79. The largest absolute Gasteiger partial charge is 0.468 e. The summed E-state index contributed by atoms with van der Waals surface area (Å²) in [7, 11) is 1.54. The molecule has 3 rings (SSSR count). The topological polar surface area (TPSA) is 41.6 Å². The molecule has 0 aromatic carbocycles. The van der Waals surface area contributed by atoms with Crippen LogP contribution in [0.25, 0.3) is 0 Å². The number of hydrogen-bond donors (Lipinski definition) is 1. The minimum Gasteiger partial charge on any atom is -0.468 e. The zero-order valence-corrected chi connectivity index (χ0v) is 13.6. The molecule has 0 spiro atoms. The molecule has 0 saturated heterocycles. The van der Waals surface area contributed by atoms with E-state index in [4.69, 9.17) is 4.74 Å². The van der Waals surface area contributed by atoms with Gasteiger partial charge in [-0.2, -0.15) is 0 Å². The summed E-state index contributed by atoms with van der Waals surface area (Å²) in [6.45, 7) is 4.53. The van der Waals surface area contributed by atoms with E-state index < -0.39 is 5.54 Å². The number of esters is 1. The molecule has 120 valence electrons. The number of carbonyl (C=O) groups is 1. The van der Waals surface area contributed by atoms with Crippen LogP contribution in [0, 0.1) is 5.92 Å². The first kappa shape index (κ1) is 15.3. The average Bonchev–Trinajstić information content (AvgIpc) is 3.40. The monoisotopic (exact) mass is 294 g/mol. The zero-order chi connectivity index (χ0) is 14.9. The van der Waals surface area contributed by atoms with Crippen LogP contribution < -0.4 is 5.32 Å². The van der Waals surface area contributed by atoms with Crippen molar-refractivity contribution >= 4 is 5.97 Å². The van der Waals surface area contributed by atoms with Crippen LogP contribution in [0.1, 0.15) is 58.3 Å². The second-order valence-electron chi connectivity index (χ2n) is 7.12. The first-order chi connectivity index (χ1) is 10.2. The van der Waals surface area contributed by atoms with E-state index >= 15 is 0 Å². The lowest BCUT2D eigenvalue weighted by atomic mass is 9.84. The Bertz CT molecular complexity index is 379. The third-order valence-corrected chi connectivity index (χ3v) is 5.64. The number of hydrogen-bond acceptors (Lipinski definition) is 4. The number of carbonyl (C=O) groups excluding carboxylic acids is 1. The molecule has 0 aromatic heterocycles. The van der Waals surface area contributed by atoms with Crippen molar-refractivity contribution in [3.8, 4) is 0 Å². The molecule has 3 aliphatic rings. The highest BCUT2D eigenvalue weighted by molar-refractivity contribution is 5.81. The lowest BCUT2D eigenvalue weighted by Crippen LogP contribution is -2.56. The molecular formula is C17H30N2O2. The summed E-state index contributed by atoms with van der Waals surface area (Å²) in [5, 5.41) is 3.66. The van der Waals surface area contributed by atoms with Gasteiger partial charge in [-0.3, -0.25) is 10.1 Å². The van der Waals surface area contributed by atoms with E-state index in [2.05, 4.69) is 17.1 Å². The van der Waals surface area contributed by atoms with Crippen LogP contribution in [0.2, 0.25) is 0 Å². The fourth-order valence-electron chi connectivity index (χ4n) is 4.12. The predicted octanol–water partition coefficient (Wildman–Crippen LogP) is 2.32. The van der Waals surface area contributed by atoms with Crippen LogP contribution in [0.5, 0.6) is 0 Å². The molecule has 0 aliphatic heterocycles. The smallest absolute Gasteiger partial charge is 0.326 e. The maximum absolute atomic E-state index is 12.5. The van der Waals surface area contributed by atoms with Crippen molar-refractivity contribution in [2.24, 2.45) is 5.92 Å². The van der Waals surface area contributed by atoms with Gasteiger partial charge in [-0.25, -0.2) is 0 Å². The van der Waals surface area contributed by atoms with Gasteiger partial charge in [0, 0.05) is 12.1 Å². The average molecular weight is 294 g/mol. The van der Waals surface area contributed by atoms with Gasteiger partial charge in [-0.05, 0) is 64.0 Å². The summed E-state index contributed by atoms with van der Waals surface area (Å²) in [5.41, 5.74) is -0.390. The van der Waals surface area contributed by atoms with E-state index in [0.717, 1.165) is 44.8 Å². The molecular weight excluding hydrogens is 264 g/mol. The standard InChI is InChI=1S/C17H30N2O2/c1-3-19(15-8-9-15)12-10-13-5-4-11-17(13,16(20)21-2)18-14-6-7-14/h13-15,18H,3-12H2,1-2H3. The van der Waals surface area contributed by atoms with E-state index in [9.17, 15) is 4.79 Å². The molecule has 21 heavy (non-hydrogen) atoms. The van der Waals surface area contributed by atoms with Gasteiger partial charge in [0.25, 0.3) is 0 Å².